The van der Waals surface area contributed by atoms with Gasteiger partial charge in [0, 0.05) is 0 Å². The summed E-state index contributed by atoms with van der Waals surface area (Å²) in [5.41, 5.74) is -0.439. The second-order valence-corrected chi connectivity index (χ2v) is 5.11. The summed E-state index contributed by atoms with van der Waals surface area (Å²) < 4.78 is 5.41. The quantitative estimate of drug-likeness (QED) is 0.567. The first-order valence-corrected chi connectivity index (χ1v) is 6.25. The summed E-state index contributed by atoms with van der Waals surface area (Å²) in [6, 6.07) is 9.25. The van der Waals surface area contributed by atoms with Gasteiger partial charge in [-0.2, -0.15) is 0 Å². The van der Waals surface area contributed by atoms with Gasteiger partial charge in [-0.15, -0.1) is 0 Å². The van der Waals surface area contributed by atoms with Crippen LogP contribution in [0.3, 0.4) is 0 Å². The first-order chi connectivity index (χ1) is 7.98. The van der Waals surface area contributed by atoms with Crippen LogP contribution in [-0.2, 0) is 4.79 Å². The van der Waals surface area contributed by atoms with Gasteiger partial charge >= 0.3 is 5.97 Å². The summed E-state index contributed by atoms with van der Waals surface area (Å²) in [5, 5.41) is 0. The standard InChI is InChI=1S/C15H22O2/c1-5-9-12(2)15(3,4)14(16)17-13-10-7-6-8-11-13/h6-8,10-12H,5,9H2,1-4H3. The molecule has 2 nitrogen and oxygen atoms in total. The Kier molecular flexibility index (Phi) is 4.73. The van der Waals surface area contributed by atoms with Gasteiger partial charge in [0.1, 0.15) is 5.75 Å². The molecule has 1 aromatic carbocycles. The van der Waals surface area contributed by atoms with Crippen LogP contribution in [0, 0.1) is 11.3 Å². The first kappa shape index (κ1) is 13.8. The van der Waals surface area contributed by atoms with Gasteiger partial charge in [0.25, 0.3) is 0 Å². The van der Waals surface area contributed by atoms with Crippen molar-refractivity contribution < 1.29 is 9.53 Å². The minimum Gasteiger partial charge on any atom is -0.426 e. The second kappa shape index (κ2) is 5.85. The number of hydrogen-bond donors (Lipinski definition) is 0. The van der Waals surface area contributed by atoms with Gasteiger partial charge in [0.15, 0.2) is 0 Å². The van der Waals surface area contributed by atoms with E-state index in [0.717, 1.165) is 12.8 Å². The third-order valence-corrected chi connectivity index (χ3v) is 3.43. The van der Waals surface area contributed by atoms with Crippen LogP contribution in [-0.4, -0.2) is 5.97 Å². The third kappa shape index (κ3) is 3.58. The fourth-order valence-electron chi connectivity index (χ4n) is 1.72. The smallest absolute Gasteiger partial charge is 0.317 e. The number of carbonyl (C=O) groups excluding carboxylic acids is 1. The van der Waals surface area contributed by atoms with Crippen LogP contribution in [0.5, 0.6) is 5.75 Å². The molecule has 0 bridgehead atoms. The largest absolute Gasteiger partial charge is 0.426 e. The number of esters is 1. The van der Waals surface area contributed by atoms with Crippen LogP contribution >= 0.6 is 0 Å². The molecule has 1 atom stereocenters. The predicted molar refractivity (Wildman–Crippen MR) is 69.9 cm³/mol. The first-order valence-electron chi connectivity index (χ1n) is 6.25. The molecule has 0 spiro atoms. The summed E-state index contributed by atoms with van der Waals surface area (Å²) in [6.07, 6.45) is 2.13. The molecule has 0 aromatic heterocycles. The molecule has 94 valence electrons. The van der Waals surface area contributed by atoms with E-state index in [1.165, 1.54) is 0 Å². The van der Waals surface area contributed by atoms with Crippen molar-refractivity contribution in [3.8, 4) is 5.75 Å². The Morgan fingerprint density at radius 1 is 1.29 bits per heavy atom. The van der Waals surface area contributed by atoms with Gasteiger partial charge in [-0.3, -0.25) is 4.79 Å². The van der Waals surface area contributed by atoms with E-state index in [4.69, 9.17) is 4.74 Å². The molecule has 0 fully saturated rings. The molecule has 0 aliphatic carbocycles. The summed E-state index contributed by atoms with van der Waals surface area (Å²) in [5.74, 6) is 0.794. The summed E-state index contributed by atoms with van der Waals surface area (Å²) in [6.45, 7) is 8.15. The highest BCUT2D eigenvalue weighted by Crippen LogP contribution is 2.32. The molecule has 0 aliphatic heterocycles. The number of benzene rings is 1. The fraction of sp³-hybridized carbons (Fsp3) is 0.533. The van der Waals surface area contributed by atoms with E-state index in [0.29, 0.717) is 11.7 Å². The van der Waals surface area contributed by atoms with E-state index in [1.54, 1.807) is 12.1 Å². The van der Waals surface area contributed by atoms with Crippen molar-refractivity contribution in [2.75, 3.05) is 0 Å². The molecule has 17 heavy (non-hydrogen) atoms. The normalized spacial score (nSPS) is 13.2. The Balaban J connectivity index is 2.69. The molecule has 1 unspecified atom stereocenters. The van der Waals surface area contributed by atoms with Crippen molar-refractivity contribution in [2.24, 2.45) is 11.3 Å². The average Bonchev–Trinajstić information content (AvgIpc) is 2.30. The predicted octanol–water partition coefficient (Wildman–Crippen LogP) is 4.05. The van der Waals surface area contributed by atoms with Crippen molar-refractivity contribution >= 4 is 5.97 Å². The fourth-order valence-corrected chi connectivity index (χ4v) is 1.72. The van der Waals surface area contributed by atoms with Gasteiger partial charge in [0.2, 0.25) is 0 Å². The molecule has 1 aromatic rings. The minimum atomic E-state index is -0.439. The lowest BCUT2D eigenvalue weighted by atomic mass is 9.78. The second-order valence-electron chi connectivity index (χ2n) is 5.11. The zero-order valence-electron chi connectivity index (χ0n) is 11.2. The summed E-state index contributed by atoms with van der Waals surface area (Å²) in [7, 11) is 0. The Morgan fingerprint density at radius 3 is 2.41 bits per heavy atom. The highest BCUT2D eigenvalue weighted by molar-refractivity contribution is 5.78. The van der Waals surface area contributed by atoms with E-state index in [-0.39, 0.29) is 5.97 Å². The molecule has 0 heterocycles. The Bertz CT molecular complexity index is 354. The SMILES string of the molecule is CCCC(C)C(C)(C)C(=O)Oc1ccccc1. The number of para-hydroxylation sites is 1. The molecule has 0 saturated carbocycles. The lowest BCUT2D eigenvalue weighted by Gasteiger charge is -2.29. The zero-order chi connectivity index (χ0) is 12.9. The van der Waals surface area contributed by atoms with Gasteiger partial charge in [-0.25, -0.2) is 0 Å². The maximum Gasteiger partial charge on any atom is 0.317 e. The molecule has 0 amide bonds. The molecule has 0 aliphatic rings. The van der Waals surface area contributed by atoms with Gasteiger partial charge in [-0.05, 0) is 38.3 Å². The third-order valence-electron chi connectivity index (χ3n) is 3.43. The van der Waals surface area contributed by atoms with Crippen molar-refractivity contribution in [3.05, 3.63) is 30.3 Å². The van der Waals surface area contributed by atoms with Gasteiger partial charge in [0.05, 0.1) is 5.41 Å². The number of carbonyl (C=O) groups is 1. The van der Waals surface area contributed by atoms with Crippen LogP contribution in [0.2, 0.25) is 0 Å². The molecule has 1 rings (SSSR count). The lowest BCUT2D eigenvalue weighted by Crippen LogP contribution is -2.35. The van der Waals surface area contributed by atoms with Crippen LogP contribution in [0.1, 0.15) is 40.5 Å². The highest BCUT2D eigenvalue weighted by atomic mass is 16.5. The van der Waals surface area contributed by atoms with E-state index in [1.807, 2.05) is 32.0 Å². The van der Waals surface area contributed by atoms with Gasteiger partial charge < -0.3 is 4.74 Å². The number of ether oxygens (including phenoxy) is 1. The molecule has 2 heteroatoms. The molecular weight excluding hydrogens is 212 g/mol. The van der Waals surface area contributed by atoms with Crippen molar-refractivity contribution in [2.45, 2.75) is 40.5 Å². The molecular formula is C15H22O2. The number of rotatable bonds is 5. The van der Waals surface area contributed by atoms with E-state index in [9.17, 15) is 4.79 Å². The van der Waals surface area contributed by atoms with E-state index in [2.05, 4.69) is 13.8 Å². The maximum absolute atomic E-state index is 12.1. The Labute approximate surface area is 104 Å². The van der Waals surface area contributed by atoms with E-state index < -0.39 is 5.41 Å². The average molecular weight is 234 g/mol. The molecule has 0 N–H and O–H groups in total. The summed E-state index contributed by atoms with van der Waals surface area (Å²) in [4.78, 5) is 12.1. The monoisotopic (exact) mass is 234 g/mol. The van der Waals surface area contributed by atoms with E-state index >= 15 is 0 Å². The highest BCUT2D eigenvalue weighted by Gasteiger charge is 2.35. The lowest BCUT2D eigenvalue weighted by molar-refractivity contribution is -0.146. The maximum atomic E-state index is 12.1. The summed E-state index contributed by atoms with van der Waals surface area (Å²) >= 11 is 0. The van der Waals surface area contributed by atoms with Crippen molar-refractivity contribution in [1.29, 1.82) is 0 Å². The zero-order valence-corrected chi connectivity index (χ0v) is 11.2. The number of hydrogen-bond acceptors (Lipinski definition) is 2. The van der Waals surface area contributed by atoms with Crippen LogP contribution in [0.4, 0.5) is 0 Å². The topological polar surface area (TPSA) is 26.3 Å². The van der Waals surface area contributed by atoms with Crippen LogP contribution < -0.4 is 4.74 Å². The Hall–Kier alpha value is -1.31. The molecule has 0 saturated heterocycles. The minimum absolute atomic E-state index is 0.148. The van der Waals surface area contributed by atoms with Crippen LogP contribution in [0.25, 0.3) is 0 Å². The van der Waals surface area contributed by atoms with Crippen molar-refractivity contribution in [3.63, 3.8) is 0 Å². The molecule has 0 radical (unpaired) electrons. The van der Waals surface area contributed by atoms with Crippen LogP contribution in [0.15, 0.2) is 30.3 Å². The van der Waals surface area contributed by atoms with Gasteiger partial charge in [-0.1, -0.05) is 38.5 Å². The van der Waals surface area contributed by atoms with Crippen molar-refractivity contribution in [1.82, 2.24) is 0 Å². The Morgan fingerprint density at radius 2 is 1.88 bits per heavy atom.